The molecule has 0 rings (SSSR count). The summed E-state index contributed by atoms with van der Waals surface area (Å²) in [6, 6.07) is 0. The van der Waals surface area contributed by atoms with Crippen LogP contribution in [0.1, 0.15) is 27.2 Å². The highest BCUT2D eigenvalue weighted by Crippen LogP contribution is 2.11. The summed E-state index contributed by atoms with van der Waals surface area (Å²) in [6.45, 7) is 9.65. The fourth-order valence-electron chi connectivity index (χ4n) is 0.920. The molecule has 0 aromatic carbocycles. The van der Waals surface area contributed by atoms with Crippen LogP contribution in [-0.2, 0) is 9.53 Å². The van der Waals surface area contributed by atoms with E-state index in [0.717, 1.165) is 0 Å². The molecular formula is C11H21NO2. The molecule has 0 aromatic rings. The number of hydrogen-bond donors (Lipinski definition) is 0. The first-order chi connectivity index (χ1) is 6.34. The lowest BCUT2D eigenvalue weighted by atomic mass is 10.1. The first kappa shape index (κ1) is 13.2. The molecule has 0 heterocycles. The molecule has 3 nitrogen and oxygen atoms in total. The molecule has 0 bridgehead atoms. The van der Waals surface area contributed by atoms with Gasteiger partial charge < -0.3 is 4.74 Å². The Balaban J connectivity index is 4.02. The lowest BCUT2D eigenvalue weighted by Crippen LogP contribution is -2.30. The summed E-state index contributed by atoms with van der Waals surface area (Å²) in [6.07, 6.45) is 0.491. The Hall–Kier alpha value is -0.830. The van der Waals surface area contributed by atoms with Crippen molar-refractivity contribution in [3.05, 3.63) is 12.2 Å². The number of nitrogens with zero attached hydrogens (tertiary/aromatic N) is 1. The lowest BCUT2D eigenvalue weighted by Gasteiger charge is -2.20. The van der Waals surface area contributed by atoms with Crippen molar-refractivity contribution in [2.45, 2.75) is 33.4 Å². The van der Waals surface area contributed by atoms with Crippen molar-refractivity contribution >= 4 is 5.97 Å². The van der Waals surface area contributed by atoms with E-state index in [-0.39, 0.29) is 12.2 Å². The molecule has 0 N–H and O–H groups in total. The number of carbonyl (C=O) groups excluding carboxylic acids is 1. The molecule has 0 spiro atoms. The summed E-state index contributed by atoms with van der Waals surface area (Å²) in [5.41, 5.74) is 0.550. The summed E-state index contributed by atoms with van der Waals surface area (Å²) < 4.78 is 5.16. The van der Waals surface area contributed by atoms with E-state index in [2.05, 4.69) is 6.58 Å². The van der Waals surface area contributed by atoms with Gasteiger partial charge in [0.25, 0.3) is 0 Å². The van der Waals surface area contributed by atoms with Gasteiger partial charge in [-0.2, -0.15) is 0 Å². The van der Waals surface area contributed by atoms with Gasteiger partial charge in [0, 0.05) is 5.57 Å². The number of carbonyl (C=O) groups is 1. The Morgan fingerprint density at radius 1 is 1.36 bits per heavy atom. The molecule has 0 saturated heterocycles. The van der Waals surface area contributed by atoms with Crippen molar-refractivity contribution in [2.24, 2.45) is 5.92 Å². The maximum absolute atomic E-state index is 11.4. The molecule has 3 heteroatoms. The van der Waals surface area contributed by atoms with Crippen LogP contribution in [-0.4, -0.2) is 31.2 Å². The van der Waals surface area contributed by atoms with Gasteiger partial charge in [0.2, 0.25) is 0 Å². The second kappa shape index (κ2) is 5.81. The fourth-order valence-corrected chi connectivity index (χ4v) is 0.920. The second-order valence-corrected chi connectivity index (χ2v) is 4.17. The van der Waals surface area contributed by atoms with Crippen LogP contribution in [0.25, 0.3) is 0 Å². The Labute approximate surface area is 86.7 Å². The summed E-state index contributed by atoms with van der Waals surface area (Å²) >= 11 is 0. The van der Waals surface area contributed by atoms with Gasteiger partial charge in [-0.1, -0.05) is 20.4 Å². The normalized spacial score (nSPS) is 13.1. The van der Waals surface area contributed by atoms with Crippen molar-refractivity contribution in [1.29, 1.82) is 0 Å². The molecular weight excluding hydrogens is 178 g/mol. The Morgan fingerprint density at radius 2 is 1.86 bits per heavy atom. The topological polar surface area (TPSA) is 29.5 Å². The van der Waals surface area contributed by atoms with Crippen molar-refractivity contribution in [3.63, 3.8) is 0 Å². The molecule has 1 atom stereocenters. The molecule has 0 aliphatic heterocycles. The van der Waals surface area contributed by atoms with Gasteiger partial charge in [0.05, 0.1) is 0 Å². The Bertz CT molecular complexity index is 209. The molecule has 0 saturated carbocycles. The molecule has 0 aliphatic carbocycles. The first-order valence-electron chi connectivity index (χ1n) is 4.89. The van der Waals surface area contributed by atoms with Crippen molar-refractivity contribution < 1.29 is 9.53 Å². The maximum atomic E-state index is 11.4. The summed E-state index contributed by atoms with van der Waals surface area (Å²) in [4.78, 5) is 13.3. The van der Waals surface area contributed by atoms with Gasteiger partial charge in [0.15, 0.2) is 6.23 Å². The largest absolute Gasteiger partial charge is 0.443 e. The second-order valence-electron chi connectivity index (χ2n) is 4.17. The third kappa shape index (κ3) is 5.02. The zero-order valence-electron chi connectivity index (χ0n) is 9.83. The summed E-state index contributed by atoms with van der Waals surface area (Å²) in [5, 5.41) is 0. The van der Waals surface area contributed by atoms with Gasteiger partial charge in [-0.05, 0) is 33.4 Å². The summed E-state index contributed by atoms with van der Waals surface area (Å²) in [5.74, 6) is 0.143. The van der Waals surface area contributed by atoms with Crippen molar-refractivity contribution in [3.8, 4) is 0 Å². The molecule has 14 heavy (non-hydrogen) atoms. The van der Waals surface area contributed by atoms with Gasteiger partial charge in [-0.15, -0.1) is 0 Å². The zero-order chi connectivity index (χ0) is 11.3. The Morgan fingerprint density at radius 3 is 2.21 bits per heavy atom. The van der Waals surface area contributed by atoms with Crippen LogP contribution in [0.3, 0.4) is 0 Å². The van der Waals surface area contributed by atoms with Crippen LogP contribution in [0.5, 0.6) is 0 Å². The predicted octanol–water partition coefficient (Wildman–Crippen LogP) is 2.04. The van der Waals surface area contributed by atoms with Gasteiger partial charge in [-0.3, -0.25) is 4.90 Å². The Kier molecular flexibility index (Phi) is 5.46. The zero-order valence-corrected chi connectivity index (χ0v) is 9.83. The van der Waals surface area contributed by atoms with Crippen molar-refractivity contribution in [2.75, 3.05) is 14.1 Å². The third-order valence-electron chi connectivity index (χ3n) is 1.95. The smallest absolute Gasteiger partial charge is 0.334 e. The monoisotopic (exact) mass is 199 g/mol. The summed E-state index contributed by atoms with van der Waals surface area (Å²) in [7, 11) is 3.73. The van der Waals surface area contributed by atoms with Crippen LogP contribution in [0, 0.1) is 5.92 Å². The van der Waals surface area contributed by atoms with E-state index in [1.165, 1.54) is 0 Å². The van der Waals surface area contributed by atoms with E-state index in [1.807, 2.05) is 39.8 Å². The van der Waals surface area contributed by atoms with E-state index in [4.69, 9.17) is 4.74 Å². The van der Waals surface area contributed by atoms with E-state index in [9.17, 15) is 4.79 Å². The van der Waals surface area contributed by atoms with E-state index in [1.54, 1.807) is 0 Å². The quantitative estimate of drug-likeness (QED) is 0.385. The minimum atomic E-state index is -0.292. The minimum Gasteiger partial charge on any atom is -0.443 e. The molecule has 0 aliphatic rings. The molecule has 1 unspecified atom stereocenters. The van der Waals surface area contributed by atoms with Gasteiger partial charge >= 0.3 is 5.97 Å². The highest BCUT2D eigenvalue weighted by Gasteiger charge is 2.14. The van der Waals surface area contributed by atoms with Gasteiger partial charge in [0.1, 0.15) is 0 Å². The lowest BCUT2D eigenvalue weighted by molar-refractivity contribution is -0.150. The number of rotatable bonds is 5. The van der Waals surface area contributed by atoms with Crippen LogP contribution in [0.15, 0.2) is 12.2 Å². The molecule has 82 valence electrons. The van der Waals surface area contributed by atoms with E-state index >= 15 is 0 Å². The number of hydrogen-bond acceptors (Lipinski definition) is 3. The first-order valence-corrected chi connectivity index (χ1v) is 4.89. The standard InChI is InChI=1S/C11H21NO2/c1-8(2)7-9(3)11(13)14-10(4)12(5)6/h8,10H,3,7H2,1-2,4-6H3. The fraction of sp³-hybridized carbons (Fsp3) is 0.727. The molecule has 0 radical (unpaired) electrons. The highest BCUT2D eigenvalue weighted by molar-refractivity contribution is 5.87. The van der Waals surface area contributed by atoms with Crippen LogP contribution >= 0.6 is 0 Å². The van der Waals surface area contributed by atoms with E-state index in [0.29, 0.717) is 17.9 Å². The minimum absolute atomic E-state index is 0.202. The number of esters is 1. The number of ether oxygens (including phenoxy) is 1. The predicted molar refractivity (Wildman–Crippen MR) is 57.8 cm³/mol. The third-order valence-corrected chi connectivity index (χ3v) is 1.95. The maximum Gasteiger partial charge on any atom is 0.334 e. The average molecular weight is 199 g/mol. The SMILES string of the molecule is C=C(CC(C)C)C(=O)OC(C)N(C)C. The molecule has 0 aromatic heterocycles. The van der Waals surface area contributed by atoms with E-state index < -0.39 is 0 Å². The average Bonchev–Trinajstić information content (AvgIpc) is 2.02. The van der Waals surface area contributed by atoms with Crippen LogP contribution in [0.4, 0.5) is 0 Å². The molecule has 0 fully saturated rings. The van der Waals surface area contributed by atoms with Crippen LogP contribution < -0.4 is 0 Å². The molecule has 0 amide bonds. The van der Waals surface area contributed by atoms with Gasteiger partial charge in [-0.25, -0.2) is 4.79 Å². The highest BCUT2D eigenvalue weighted by atomic mass is 16.6. The van der Waals surface area contributed by atoms with Crippen molar-refractivity contribution in [1.82, 2.24) is 4.90 Å². The van der Waals surface area contributed by atoms with Crippen LogP contribution in [0.2, 0.25) is 0 Å².